The van der Waals surface area contributed by atoms with Gasteiger partial charge in [0.25, 0.3) is 5.91 Å². The predicted octanol–water partition coefficient (Wildman–Crippen LogP) is 1.36. The number of nitriles is 1. The van der Waals surface area contributed by atoms with Gasteiger partial charge in [-0.25, -0.2) is 4.79 Å². The van der Waals surface area contributed by atoms with Crippen molar-refractivity contribution < 1.29 is 23.9 Å². The molecule has 0 heterocycles. The predicted molar refractivity (Wildman–Crippen MR) is 89.4 cm³/mol. The van der Waals surface area contributed by atoms with Gasteiger partial charge in [-0.3, -0.25) is 9.59 Å². The summed E-state index contributed by atoms with van der Waals surface area (Å²) in [5.41, 5.74) is 0.633. The number of ether oxygens (including phenoxy) is 2. The zero-order valence-corrected chi connectivity index (χ0v) is 14.0. The number of carbonyl (C=O) groups excluding carboxylic acids is 3. The molecule has 1 amide bonds. The maximum absolute atomic E-state index is 12.0. The molecule has 132 valence electrons. The van der Waals surface area contributed by atoms with E-state index in [1.165, 1.54) is 37.6 Å². The lowest BCUT2D eigenvalue weighted by Gasteiger charge is -2.06. The number of hydrogen-bond donors (Lipinski definition) is 2. The maximum Gasteiger partial charge on any atom is 0.338 e. The molecule has 0 spiro atoms. The topological polar surface area (TPSA) is 118 Å². The molecular formula is C17H19N3O5. The molecule has 0 aromatic heterocycles. The SMILES string of the molecule is CCOC(=O)c1ccc(NC(=O)/C(C#N)=C\NCCC(=O)OC)cc1. The highest BCUT2D eigenvalue weighted by Gasteiger charge is 2.11. The van der Waals surface area contributed by atoms with Crippen LogP contribution in [-0.2, 0) is 19.1 Å². The fourth-order valence-corrected chi connectivity index (χ4v) is 1.70. The first kappa shape index (κ1) is 19.7. The van der Waals surface area contributed by atoms with Gasteiger partial charge in [0.15, 0.2) is 0 Å². The minimum absolute atomic E-state index is 0.114. The van der Waals surface area contributed by atoms with E-state index >= 15 is 0 Å². The normalized spacial score (nSPS) is 10.4. The van der Waals surface area contributed by atoms with Gasteiger partial charge in [0.1, 0.15) is 11.6 Å². The molecule has 0 atom stereocenters. The second-order valence-corrected chi connectivity index (χ2v) is 4.70. The molecule has 1 aromatic carbocycles. The number of carbonyl (C=O) groups is 3. The Labute approximate surface area is 145 Å². The number of amides is 1. The van der Waals surface area contributed by atoms with Crippen molar-refractivity contribution in [3.63, 3.8) is 0 Å². The van der Waals surface area contributed by atoms with E-state index in [1.807, 2.05) is 0 Å². The molecule has 0 fully saturated rings. The van der Waals surface area contributed by atoms with Gasteiger partial charge >= 0.3 is 11.9 Å². The van der Waals surface area contributed by atoms with E-state index in [2.05, 4.69) is 15.4 Å². The second kappa shape index (κ2) is 10.4. The summed E-state index contributed by atoms with van der Waals surface area (Å²) in [5.74, 6) is -1.46. The Morgan fingerprint density at radius 3 is 2.48 bits per heavy atom. The van der Waals surface area contributed by atoms with Crippen LogP contribution in [0.5, 0.6) is 0 Å². The molecule has 0 aliphatic rings. The second-order valence-electron chi connectivity index (χ2n) is 4.70. The van der Waals surface area contributed by atoms with Gasteiger partial charge in [0.2, 0.25) is 0 Å². The summed E-state index contributed by atoms with van der Waals surface area (Å²) >= 11 is 0. The summed E-state index contributed by atoms with van der Waals surface area (Å²) in [7, 11) is 1.28. The molecule has 0 saturated heterocycles. The number of benzene rings is 1. The van der Waals surface area contributed by atoms with Crippen LogP contribution in [0.25, 0.3) is 0 Å². The van der Waals surface area contributed by atoms with E-state index in [0.717, 1.165) is 0 Å². The van der Waals surface area contributed by atoms with Crippen LogP contribution in [0.1, 0.15) is 23.7 Å². The van der Waals surface area contributed by atoms with Crippen LogP contribution in [0, 0.1) is 11.3 Å². The Morgan fingerprint density at radius 1 is 1.24 bits per heavy atom. The monoisotopic (exact) mass is 345 g/mol. The number of methoxy groups -OCH3 is 1. The van der Waals surface area contributed by atoms with Crippen molar-refractivity contribution in [2.75, 3.05) is 25.6 Å². The Bertz CT molecular complexity index is 689. The Balaban J connectivity index is 2.62. The third-order valence-electron chi connectivity index (χ3n) is 2.97. The first-order chi connectivity index (χ1) is 12.0. The van der Waals surface area contributed by atoms with Crippen LogP contribution in [0.2, 0.25) is 0 Å². The number of anilines is 1. The fraction of sp³-hybridized carbons (Fsp3) is 0.294. The summed E-state index contributed by atoms with van der Waals surface area (Å²) in [6, 6.07) is 7.85. The van der Waals surface area contributed by atoms with Crippen LogP contribution in [0.3, 0.4) is 0 Å². The quantitative estimate of drug-likeness (QED) is 0.316. The molecular weight excluding hydrogens is 326 g/mol. The van der Waals surface area contributed by atoms with Crippen molar-refractivity contribution in [2.45, 2.75) is 13.3 Å². The summed E-state index contributed by atoms with van der Waals surface area (Å²) < 4.78 is 9.34. The van der Waals surface area contributed by atoms with Gasteiger partial charge in [-0.2, -0.15) is 5.26 Å². The number of hydrogen-bond acceptors (Lipinski definition) is 7. The summed E-state index contributed by atoms with van der Waals surface area (Å²) in [4.78, 5) is 34.5. The molecule has 25 heavy (non-hydrogen) atoms. The molecule has 1 aromatic rings. The number of rotatable bonds is 8. The summed E-state index contributed by atoms with van der Waals surface area (Å²) in [6.45, 7) is 2.22. The fourth-order valence-electron chi connectivity index (χ4n) is 1.70. The zero-order chi connectivity index (χ0) is 18.7. The highest BCUT2D eigenvalue weighted by atomic mass is 16.5. The lowest BCUT2D eigenvalue weighted by molar-refractivity contribution is -0.140. The molecule has 0 bridgehead atoms. The minimum atomic E-state index is -0.614. The van der Waals surface area contributed by atoms with Crippen molar-refractivity contribution in [2.24, 2.45) is 0 Å². The van der Waals surface area contributed by atoms with Crippen LogP contribution >= 0.6 is 0 Å². The molecule has 8 heteroatoms. The molecule has 0 radical (unpaired) electrons. The highest BCUT2D eigenvalue weighted by molar-refractivity contribution is 6.06. The first-order valence-electron chi connectivity index (χ1n) is 7.50. The Morgan fingerprint density at radius 2 is 1.92 bits per heavy atom. The molecule has 8 nitrogen and oxygen atoms in total. The van der Waals surface area contributed by atoms with Crippen molar-refractivity contribution in [3.8, 4) is 6.07 Å². The molecule has 0 aliphatic heterocycles. The van der Waals surface area contributed by atoms with E-state index in [0.29, 0.717) is 11.3 Å². The standard InChI is InChI=1S/C17H19N3O5/c1-3-25-17(23)12-4-6-14(7-5-12)20-16(22)13(10-18)11-19-9-8-15(21)24-2/h4-7,11,19H,3,8-9H2,1-2H3,(H,20,22)/b13-11-. The zero-order valence-electron chi connectivity index (χ0n) is 14.0. The lowest BCUT2D eigenvalue weighted by Crippen LogP contribution is -2.18. The smallest absolute Gasteiger partial charge is 0.338 e. The largest absolute Gasteiger partial charge is 0.469 e. The minimum Gasteiger partial charge on any atom is -0.469 e. The Kier molecular flexibility index (Phi) is 8.23. The van der Waals surface area contributed by atoms with Crippen LogP contribution in [-0.4, -0.2) is 38.1 Å². The summed E-state index contributed by atoms with van der Waals surface area (Å²) in [5, 5.41) is 14.3. The average Bonchev–Trinajstić information content (AvgIpc) is 2.62. The highest BCUT2D eigenvalue weighted by Crippen LogP contribution is 2.11. The third-order valence-corrected chi connectivity index (χ3v) is 2.97. The van der Waals surface area contributed by atoms with Crippen LogP contribution in [0.4, 0.5) is 5.69 Å². The molecule has 2 N–H and O–H groups in total. The van der Waals surface area contributed by atoms with Crippen molar-refractivity contribution in [3.05, 3.63) is 41.6 Å². The van der Waals surface area contributed by atoms with Crippen molar-refractivity contribution in [1.29, 1.82) is 5.26 Å². The molecule has 0 unspecified atom stereocenters. The van der Waals surface area contributed by atoms with Crippen molar-refractivity contribution in [1.82, 2.24) is 5.32 Å². The number of nitrogens with one attached hydrogen (secondary N) is 2. The van der Waals surface area contributed by atoms with Crippen LogP contribution < -0.4 is 10.6 Å². The molecule has 0 saturated carbocycles. The molecule has 0 aliphatic carbocycles. The average molecular weight is 345 g/mol. The van der Waals surface area contributed by atoms with Gasteiger partial charge in [-0.15, -0.1) is 0 Å². The first-order valence-corrected chi connectivity index (χ1v) is 7.50. The number of esters is 2. The van der Waals surface area contributed by atoms with Gasteiger partial charge in [-0.05, 0) is 31.2 Å². The Hall–Kier alpha value is -3.34. The van der Waals surface area contributed by atoms with E-state index in [9.17, 15) is 14.4 Å². The van der Waals surface area contributed by atoms with E-state index in [1.54, 1.807) is 13.0 Å². The van der Waals surface area contributed by atoms with Gasteiger partial charge < -0.3 is 20.1 Å². The summed E-state index contributed by atoms with van der Waals surface area (Å²) in [6.07, 6.45) is 1.34. The van der Waals surface area contributed by atoms with Gasteiger partial charge in [0, 0.05) is 18.4 Å². The van der Waals surface area contributed by atoms with E-state index in [-0.39, 0.29) is 25.1 Å². The van der Waals surface area contributed by atoms with E-state index < -0.39 is 17.8 Å². The van der Waals surface area contributed by atoms with Crippen LogP contribution in [0.15, 0.2) is 36.0 Å². The maximum atomic E-state index is 12.0. The van der Waals surface area contributed by atoms with Gasteiger partial charge in [-0.1, -0.05) is 0 Å². The van der Waals surface area contributed by atoms with Crippen molar-refractivity contribution >= 4 is 23.5 Å². The number of nitrogens with zero attached hydrogens (tertiary/aromatic N) is 1. The lowest BCUT2D eigenvalue weighted by atomic mass is 10.2. The molecule has 1 rings (SSSR count). The third kappa shape index (κ3) is 6.74. The van der Waals surface area contributed by atoms with Gasteiger partial charge in [0.05, 0.1) is 25.7 Å². The van der Waals surface area contributed by atoms with E-state index in [4.69, 9.17) is 10.00 Å².